The molecule has 0 radical (unpaired) electrons. The minimum atomic E-state index is -4.66. The van der Waals surface area contributed by atoms with E-state index in [0.717, 1.165) is 63.4 Å². The molecular formula is C46H49F3N4O. The van der Waals surface area contributed by atoms with Gasteiger partial charge in [-0.3, -0.25) is 0 Å². The SMILES string of the molecule is FC(F)(F)Oc1ccc(CNC2CCC(N3c4ccccc4CCc4ccccc43)C2)cc1.NC1CCC(N2c3ccccc3CCc3ccccc32)C1. The molecule has 5 aromatic rings. The Morgan fingerprint density at radius 2 is 0.981 bits per heavy atom. The van der Waals surface area contributed by atoms with Crippen LogP contribution < -0.4 is 25.6 Å². The summed E-state index contributed by atoms with van der Waals surface area (Å²) in [6, 6.07) is 43.0. The van der Waals surface area contributed by atoms with Gasteiger partial charge in [-0.05, 0) is 128 Å². The van der Waals surface area contributed by atoms with E-state index in [2.05, 4.69) is 117 Å². The fourth-order valence-corrected chi connectivity index (χ4v) is 9.09. The van der Waals surface area contributed by atoms with Crippen molar-refractivity contribution in [3.63, 3.8) is 0 Å². The minimum Gasteiger partial charge on any atom is -0.406 e. The Balaban J connectivity index is 0.000000169. The first-order valence-electron chi connectivity index (χ1n) is 19.5. The van der Waals surface area contributed by atoms with Gasteiger partial charge in [0.15, 0.2) is 0 Å². The van der Waals surface area contributed by atoms with Crippen molar-refractivity contribution in [1.29, 1.82) is 0 Å². The highest BCUT2D eigenvalue weighted by molar-refractivity contribution is 5.73. The average molecular weight is 731 g/mol. The number of rotatable bonds is 6. The number of para-hydroxylation sites is 4. The molecule has 2 saturated carbocycles. The Bertz CT molecular complexity index is 1940. The monoisotopic (exact) mass is 730 g/mol. The summed E-state index contributed by atoms with van der Waals surface area (Å²) in [4.78, 5) is 5.12. The van der Waals surface area contributed by atoms with E-state index in [4.69, 9.17) is 5.73 Å². The number of alkyl halides is 3. The van der Waals surface area contributed by atoms with Gasteiger partial charge in [0.25, 0.3) is 0 Å². The van der Waals surface area contributed by atoms with Gasteiger partial charge in [-0.1, -0.05) is 84.9 Å². The highest BCUT2D eigenvalue weighted by Crippen LogP contribution is 2.43. The number of fused-ring (bicyclic) bond motifs is 4. The fraction of sp³-hybridized carbons (Fsp3) is 0.348. The molecule has 0 amide bonds. The van der Waals surface area contributed by atoms with Crippen molar-refractivity contribution in [3.8, 4) is 5.75 Å². The summed E-state index contributed by atoms with van der Waals surface area (Å²) in [5.74, 6) is -0.189. The molecule has 54 heavy (non-hydrogen) atoms. The smallest absolute Gasteiger partial charge is 0.406 e. The first kappa shape index (κ1) is 36.2. The Labute approximate surface area is 317 Å². The minimum absolute atomic E-state index is 0.189. The normalized spacial score (nSPS) is 21.8. The average Bonchev–Trinajstić information content (AvgIpc) is 3.74. The lowest BCUT2D eigenvalue weighted by Gasteiger charge is -2.33. The van der Waals surface area contributed by atoms with Crippen molar-refractivity contribution in [2.45, 2.75) is 101 Å². The van der Waals surface area contributed by atoms with Crippen molar-refractivity contribution in [1.82, 2.24) is 5.32 Å². The molecule has 0 saturated heterocycles. The van der Waals surface area contributed by atoms with E-state index in [0.29, 0.717) is 30.7 Å². The highest BCUT2D eigenvalue weighted by atomic mass is 19.4. The topological polar surface area (TPSA) is 53.8 Å². The number of halogens is 3. The number of hydrogen-bond donors (Lipinski definition) is 2. The molecule has 4 atom stereocenters. The van der Waals surface area contributed by atoms with Gasteiger partial charge < -0.3 is 25.6 Å². The van der Waals surface area contributed by atoms with Gasteiger partial charge in [0.1, 0.15) is 5.75 Å². The molecule has 9 rings (SSSR count). The third-order valence-corrected chi connectivity index (χ3v) is 11.7. The zero-order chi connectivity index (χ0) is 37.1. The molecule has 0 spiro atoms. The molecule has 2 fully saturated rings. The van der Waals surface area contributed by atoms with Crippen LogP contribution in [0.25, 0.3) is 0 Å². The van der Waals surface area contributed by atoms with Crippen molar-refractivity contribution < 1.29 is 17.9 Å². The van der Waals surface area contributed by atoms with E-state index in [1.165, 1.54) is 63.6 Å². The van der Waals surface area contributed by atoms with Gasteiger partial charge in [-0.25, -0.2) is 0 Å². The molecule has 5 nitrogen and oxygen atoms in total. The molecule has 280 valence electrons. The van der Waals surface area contributed by atoms with Gasteiger partial charge >= 0.3 is 6.36 Å². The summed E-state index contributed by atoms with van der Waals surface area (Å²) < 4.78 is 41.0. The molecule has 4 unspecified atom stereocenters. The first-order valence-corrected chi connectivity index (χ1v) is 19.5. The quantitative estimate of drug-likeness (QED) is 0.182. The van der Waals surface area contributed by atoms with E-state index in [-0.39, 0.29) is 5.75 Å². The second-order valence-corrected chi connectivity index (χ2v) is 15.2. The molecule has 8 heteroatoms. The van der Waals surface area contributed by atoms with Crippen LogP contribution >= 0.6 is 0 Å². The Hall–Kier alpha value is -4.79. The number of nitrogens with one attached hydrogen (secondary N) is 1. The molecule has 2 aliphatic carbocycles. The summed E-state index contributed by atoms with van der Waals surface area (Å²) in [6.07, 6.45) is 6.32. The number of hydrogen-bond acceptors (Lipinski definition) is 5. The van der Waals surface area contributed by atoms with E-state index in [9.17, 15) is 13.2 Å². The Morgan fingerprint density at radius 1 is 0.556 bits per heavy atom. The van der Waals surface area contributed by atoms with Crippen molar-refractivity contribution in [2.24, 2.45) is 5.73 Å². The number of ether oxygens (including phenoxy) is 1. The second kappa shape index (κ2) is 15.9. The summed E-state index contributed by atoms with van der Waals surface area (Å²) in [7, 11) is 0. The summed E-state index contributed by atoms with van der Waals surface area (Å²) in [6.45, 7) is 0.622. The molecule has 0 aromatic heterocycles. The van der Waals surface area contributed by atoms with Gasteiger partial charge in [-0.2, -0.15) is 0 Å². The maximum Gasteiger partial charge on any atom is 0.573 e. The predicted molar refractivity (Wildman–Crippen MR) is 212 cm³/mol. The van der Waals surface area contributed by atoms with Crippen molar-refractivity contribution in [3.05, 3.63) is 149 Å². The zero-order valence-corrected chi connectivity index (χ0v) is 30.6. The number of nitrogens with two attached hydrogens (primary N) is 1. The second-order valence-electron chi connectivity index (χ2n) is 15.2. The lowest BCUT2D eigenvalue weighted by molar-refractivity contribution is -0.274. The number of nitrogens with zero attached hydrogens (tertiary/aromatic N) is 2. The molecule has 2 heterocycles. The van der Waals surface area contributed by atoms with E-state index in [1.807, 2.05) is 0 Å². The molecule has 2 aliphatic heterocycles. The van der Waals surface area contributed by atoms with E-state index >= 15 is 0 Å². The zero-order valence-electron chi connectivity index (χ0n) is 30.6. The highest BCUT2D eigenvalue weighted by Gasteiger charge is 2.34. The van der Waals surface area contributed by atoms with E-state index in [1.54, 1.807) is 12.1 Å². The number of aryl methyl sites for hydroxylation is 4. The number of benzene rings is 5. The Morgan fingerprint density at radius 3 is 1.41 bits per heavy atom. The van der Waals surface area contributed by atoms with Crippen LogP contribution in [-0.2, 0) is 32.2 Å². The third kappa shape index (κ3) is 8.15. The fourth-order valence-electron chi connectivity index (χ4n) is 9.09. The molecule has 4 aliphatic rings. The van der Waals surface area contributed by atoms with Crippen LogP contribution in [0.5, 0.6) is 5.75 Å². The van der Waals surface area contributed by atoms with Crippen molar-refractivity contribution in [2.75, 3.05) is 9.80 Å². The van der Waals surface area contributed by atoms with Crippen LogP contribution in [0.4, 0.5) is 35.9 Å². The third-order valence-electron chi connectivity index (χ3n) is 11.7. The lowest BCUT2D eigenvalue weighted by Crippen LogP contribution is -2.33. The largest absolute Gasteiger partial charge is 0.573 e. The number of anilines is 4. The Kier molecular flexibility index (Phi) is 10.7. The van der Waals surface area contributed by atoms with Crippen LogP contribution in [0.15, 0.2) is 121 Å². The molecule has 3 N–H and O–H groups in total. The van der Waals surface area contributed by atoms with Crippen LogP contribution in [0.2, 0.25) is 0 Å². The van der Waals surface area contributed by atoms with Gasteiger partial charge in [0, 0.05) is 53.5 Å². The first-order chi connectivity index (χ1) is 26.3. The summed E-state index contributed by atoms with van der Waals surface area (Å²) >= 11 is 0. The maximum absolute atomic E-state index is 12.4. The van der Waals surface area contributed by atoms with Crippen LogP contribution in [-0.4, -0.2) is 30.5 Å². The van der Waals surface area contributed by atoms with Gasteiger partial charge in [0.05, 0.1) is 0 Å². The van der Waals surface area contributed by atoms with Crippen LogP contribution in [0.3, 0.4) is 0 Å². The van der Waals surface area contributed by atoms with Gasteiger partial charge in [-0.15, -0.1) is 13.2 Å². The maximum atomic E-state index is 12.4. The van der Waals surface area contributed by atoms with Crippen LogP contribution in [0.1, 0.15) is 66.3 Å². The molecular weight excluding hydrogens is 682 g/mol. The summed E-state index contributed by atoms with van der Waals surface area (Å²) in [5.41, 5.74) is 18.3. The molecule has 0 bridgehead atoms. The molecule has 5 aromatic carbocycles. The van der Waals surface area contributed by atoms with Crippen molar-refractivity contribution >= 4 is 22.7 Å². The van der Waals surface area contributed by atoms with Crippen LogP contribution in [0, 0.1) is 0 Å². The standard InChI is InChI=1S/C27H27F3N2O.C19H22N2/c28-27(29,30)33-24-15-9-19(10-16-24)18-31-22-13-14-23(17-22)32-25-7-3-1-5-20(25)11-12-21-6-2-4-8-26(21)32;20-16-11-12-17(13-16)21-18-7-3-1-5-14(18)9-10-15-6-2-4-8-19(15)21/h1-10,15-16,22-23,31H,11-14,17-18H2;1-8,16-17H,9-13,20H2. The predicted octanol–water partition coefficient (Wildman–Crippen LogP) is 10.3. The van der Waals surface area contributed by atoms with E-state index < -0.39 is 6.36 Å². The van der Waals surface area contributed by atoms with Gasteiger partial charge in [0.2, 0.25) is 0 Å². The summed E-state index contributed by atoms with van der Waals surface area (Å²) in [5, 5.41) is 3.61. The lowest BCUT2D eigenvalue weighted by atomic mass is 10.0.